The Kier molecular flexibility index (Phi) is 4.82. The van der Waals surface area contributed by atoms with E-state index in [-0.39, 0.29) is 10.6 Å². The Balaban J connectivity index is 2.25. The molecule has 0 heterocycles. The van der Waals surface area contributed by atoms with Gasteiger partial charge in [0.25, 0.3) is 0 Å². The van der Waals surface area contributed by atoms with Gasteiger partial charge in [0.15, 0.2) is 0 Å². The van der Waals surface area contributed by atoms with Crippen LogP contribution in [0.2, 0.25) is 5.02 Å². The Morgan fingerprint density at radius 3 is 2.61 bits per heavy atom. The Morgan fingerprint density at radius 2 is 1.89 bits per heavy atom. The van der Waals surface area contributed by atoms with Crippen LogP contribution in [-0.2, 0) is 6.42 Å². The van der Waals surface area contributed by atoms with Crippen LogP contribution >= 0.6 is 43.5 Å². The second-order valence-corrected chi connectivity index (χ2v) is 6.36. The summed E-state index contributed by atoms with van der Waals surface area (Å²) in [5.41, 5.74) is 1.63. The molecular formula is C14H10Br2ClF. The Labute approximate surface area is 127 Å². The molecule has 0 aliphatic rings. The van der Waals surface area contributed by atoms with Gasteiger partial charge in [-0.2, -0.15) is 0 Å². The summed E-state index contributed by atoms with van der Waals surface area (Å²) in [6.45, 7) is 0. The van der Waals surface area contributed by atoms with Gasteiger partial charge in [-0.25, -0.2) is 4.39 Å². The van der Waals surface area contributed by atoms with Crippen LogP contribution < -0.4 is 0 Å². The lowest BCUT2D eigenvalue weighted by atomic mass is 10.0. The van der Waals surface area contributed by atoms with Gasteiger partial charge < -0.3 is 0 Å². The highest BCUT2D eigenvalue weighted by Crippen LogP contribution is 2.34. The fraction of sp³-hybridized carbons (Fsp3) is 0.143. The van der Waals surface area contributed by atoms with E-state index >= 15 is 0 Å². The van der Waals surface area contributed by atoms with Crippen molar-refractivity contribution in [1.82, 2.24) is 0 Å². The van der Waals surface area contributed by atoms with E-state index in [9.17, 15) is 4.39 Å². The molecule has 0 amide bonds. The lowest BCUT2D eigenvalue weighted by Gasteiger charge is -2.13. The van der Waals surface area contributed by atoms with Crippen molar-refractivity contribution in [1.29, 1.82) is 0 Å². The number of benzene rings is 2. The predicted molar refractivity (Wildman–Crippen MR) is 80.9 cm³/mol. The third-order valence-electron chi connectivity index (χ3n) is 2.65. The van der Waals surface area contributed by atoms with Gasteiger partial charge in [0.2, 0.25) is 0 Å². The Morgan fingerprint density at radius 1 is 1.17 bits per heavy atom. The molecule has 2 rings (SSSR count). The highest BCUT2D eigenvalue weighted by Gasteiger charge is 2.14. The lowest BCUT2D eigenvalue weighted by Crippen LogP contribution is -1.98. The van der Waals surface area contributed by atoms with E-state index in [1.165, 1.54) is 6.07 Å². The summed E-state index contributed by atoms with van der Waals surface area (Å²) in [7, 11) is 0. The number of halogens is 4. The molecule has 0 N–H and O–H groups in total. The number of rotatable bonds is 3. The molecule has 0 saturated heterocycles. The van der Waals surface area contributed by atoms with Gasteiger partial charge in [0.1, 0.15) is 5.82 Å². The first-order valence-electron chi connectivity index (χ1n) is 5.40. The van der Waals surface area contributed by atoms with Crippen LogP contribution in [0.5, 0.6) is 0 Å². The molecule has 0 nitrogen and oxygen atoms in total. The minimum Gasteiger partial charge on any atom is -0.207 e. The molecule has 2 aromatic carbocycles. The van der Waals surface area contributed by atoms with Crippen molar-refractivity contribution >= 4 is 43.5 Å². The zero-order chi connectivity index (χ0) is 13.1. The van der Waals surface area contributed by atoms with E-state index in [2.05, 4.69) is 31.9 Å². The van der Waals surface area contributed by atoms with Crippen molar-refractivity contribution in [3.05, 3.63) is 68.9 Å². The van der Waals surface area contributed by atoms with E-state index in [0.717, 1.165) is 10.0 Å². The van der Waals surface area contributed by atoms with Crippen molar-refractivity contribution in [2.45, 2.75) is 11.2 Å². The first-order valence-corrected chi connectivity index (χ1v) is 7.49. The van der Waals surface area contributed by atoms with E-state index in [1.54, 1.807) is 12.1 Å². The van der Waals surface area contributed by atoms with Crippen LogP contribution in [0.1, 0.15) is 16.0 Å². The molecule has 94 valence electrons. The minimum atomic E-state index is -0.187. The van der Waals surface area contributed by atoms with Gasteiger partial charge >= 0.3 is 0 Å². The fourth-order valence-electron chi connectivity index (χ4n) is 1.72. The van der Waals surface area contributed by atoms with E-state index in [4.69, 9.17) is 11.6 Å². The molecular weight excluding hydrogens is 382 g/mol. The van der Waals surface area contributed by atoms with Crippen LogP contribution in [0.25, 0.3) is 0 Å². The van der Waals surface area contributed by atoms with Crippen LogP contribution in [0.3, 0.4) is 0 Å². The maximum Gasteiger partial charge on any atom is 0.126 e. The SMILES string of the molecule is Fc1ccccc1CC(Br)c1cc(Br)ccc1Cl. The molecule has 0 saturated carbocycles. The number of alkyl halides is 1. The highest BCUT2D eigenvalue weighted by atomic mass is 79.9. The largest absolute Gasteiger partial charge is 0.207 e. The molecule has 0 bridgehead atoms. The maximum absolute atomic E-state index is 13.6. The molecule has 0 aliphatic heterocycles. The van der Waals surface area contributed by atoms with Crippen LogP contribution in [0.4, 0.5) is 4.39 Å². The second kappa shape index (κ2) is 6.18. The van der Waals surface area contributed by atoms with Crippen molar-refractivity contribution < 1.29 is 4.39 Å². The van der Waals surface area contributed by atoms with Crippen LogP contribution in [0.15, 0.2) is 46.9 Å². The second-order valence-electron chi connectivity index (χ2n) is 3.93. The normalized spacial score (nSPS) is 12.4. The fourth-order valence-corrected chi connectivity index (χ4v) is 3.21. The van der Waals surface area contributed by atoms with E-state index in [1.807, 2.05) is 24.3 Å². The summed E-state index contributed by atoms with van der Waals surface area (Å²) in [6.07, 6.45) is 0.558. The van der Waals surface area contributed by atoms with Gasteiger partial charge in [-0.05, 0) is 41.8 Å². The number of hydrogen-bond acceptors (Lipinski definition) is 0. The highest BCUT2D eigenvalue weighted by molar-refractivity contribution is 9.10. The third-order valence-corrected chi connectivity index (χ3v) is 4.31. The maximum atomic E-state index is 13.6. The summed E-state index contributed by atoms with van der Waals surface area (Å²) >= 11 is 13.1. The molecule has 4 heteroatoms. The zero-order valence-corrected chi connectivity index (χ0v) is 13.3. The van der Waals surface area contributed by atoms with E-state index < -0.39 is 0 Å². The Bertz CT molecular complexity index is 557. The molecule has 0 fully saturated rings. The Hall–Kier alpha value is -0.380. The van der Waals surface area contributed by atoms with Gasteiger partial charge in [-0.1, -0.05) is 61.7 Å². The smallest absolute Gasteiger partial charge is 0.126 e. The molecule has 0 aliphatic carbocycles. The lowest BCUT2D eigenvalue weighted by molar-refractivity contribution is 0.608. The van der Waals surface area contributed by atoms with Crippen molar-refractivity contribution in [2.24, 2.45) is 0 Å². The van der Waals surface area contributed by atoms with Crippen molar-refractivity contribution in [3.8, 4) is 0 Å². The first-order chi connectivity index (χ1) is 8.58. The molecule has 0 radical (unpaired) electrons. The average Bonchev–Trinajstić information content (AvgIpc) is 2.35. The predicted octanol–water partition coefficient (Wildman–Crippen LogP) is 5.92. The quantitative estimate of drug-likeness (QED) is 0.569. The standard InChI is InChI=1S/C14H10Br2ClF/c15-10-5-6-13(17)11(8-10)12(16)7-9-3-1-2-4-14(9)18/h1-6,8,12H,7H2. The topological polar surface area (TPSA) is 0 Å². The average molecular weight is 392 g/mol. The summed E-state index contributed by atoms with van der Waals surface area (Å²) < 4.78 is 14.5. The summed E-state index contributed by atoms with van der Waals surface area (Å²) in [5, 5.41) is 0.677. The molecule has 1 atom stereocenters. The summed E-state index contributed by atoms with van der Waals surface area (Å²) in [6, 6.07) is 12.4. The van der Waals surface area contributed by atoms with Crippen LogP contribution in [0, 0.1) is 5.82 Å². The van der Waals surface area contributed by atoms with Gasteiger partial charge in [0, 0.05) is 14.3 Å². The van der Waals surface area contributed by atoms with Crippen LogP contribution in [-0.4, -0.2) is 0 Å². The molecule has 0 spiro atoms. The van der Waals surface area contributed by atoms with Gasteiger partial charge in [-0.15, -0.1) is 0 Å². The molecule has 2 aromatic rings. The van der Waals surface area contributed by atoms with Gasteiger partial charge in [-0.3, -0.25) is 0 Å². The third kappa shape index (κ3) is 3.34. The van der Waals surface area contributed by atoms with E-state index in [0.29, 0.717) is 17.0 Å². The molecule has 0 aromatic heterocycles. The first kappa shape index (κ1) is 14.0. The zero-order valence-electron chi connectivity index (χ0n) is 9.34. The molecule has 18 heavy (non-hydrogen) atoms. The summed E-state index contributed by atoms with van der Waals surface area (Å²) in [5.74, 6) is -0.187. The molecule has 1 unspecified atom stereocenters. The van der Waals surface area contributed by atoms with Gasteiger partial charge in [0.05, 0.1) is 0 Å². The van der Waals surface area contributed by atoms with Crippen molar-refractivity contribution in [3.63, 3.8) is 0 Å². The minimum absolute atomic E-state index is 0.0144. The monoisotopic (exact) mass is 390 g/mol. The summed E-state index contributed by atoms with van der Waals surface area (Å²) in [4.78, 5) is -0.0144. The van der Waals surface area contributed by atoms with Crippen molar-refractivity contribution in [2.75, 3.05) is 0 Å². The number of hydrogen-bond donors (Lipinski definition) is 0.